The van der Waals surface area contributed by atoms with Crippen molar-refractivity contribution in [3.8, 4) is 11.5 Å². The molecule has 0 aliphatic rings. The van der Waals surface area contributed by atoms with Crippen LogP contribution in [0.5, 0.6) is 0 Å². The summed E-state index contributed by atoms with van der Waals surface area (Å²) in [6, 6.07) is 0. The maximum absolute atomic E-state index is 4.55. The fourth-order valence-electron chi connectivity index (χ4n) is 1.82. The van der Waals surface area contributed by atoms with E-state index in [9.17, 15) is 0 Å². The molecule has 0 bridgehead atoms. The summed E-state index contributed by atoms with van der Waals surface area (Å²) in [5.41, 5.74) is 5.94. The molecule has 0 radical (unpaired) electrons. The van der Waals surface area contributed by atoms with Crippen molar-refractivity contribution in [1.82, 2.24) is 20.3 Å². The van der Waals surface area contributed by atoms with E-state index in [0.717, 1.165) is 42.4 Å². The topological polar surface area (TPSA) is 50.7 Å². The molecule has 2 aromatic rings. The van der Waals surface area contributed by atoms with Gasteiger partial charge in [-0.2, -0.15) is 0 Å². The summed E-state index contributed by atoms with van der Waals surface area (Å²) in [6.45, 7) is 8.09. The largest absolute Gasteiger partial charge is 0.313 e. The quantitative estimate of drug-likeness (QED) is 0.842. The van der Waals surface area contributed by atoms with Crippen LogP contribution in [0.4, 0.5) is 0 Å². The molecule has 0 aliphatic carbocycles. The molecule has 2 rings (SSSR count). The van der Waals surface area contributed by atoms with Crippen molar-refractivity contribution in [3.05, 3.63) is 27.8 Å². The average Bonchev–Trinajstić information content (AvgIpc) is 2.86. The van der Waals surface area contributed by atoms with Crippen molar-refractivity contribution in [2.45, 2.75) is 33.7 Å². The second-order valence-electron chi connectivity index (χ2n) is 4.25. The van der Waals surface area contributed by atoms with Gasteiger partial charge in [0.2, 0.25) is 0 Å². The second kappa shape index (κ2) is 6.02. The first-order valence-corrected chi connectivity index (χ1v) is 7.10. The predicted molar refractivity (Wildman–Crippen MR) is 74.6 cm³/mol. The third-order valence-corrected chi connectivity index (χ3v) is 3.40. The molecule has 0 aliphatic heterocycles. The normalized spacial score (nSPS) is 10.8. The standard InChI is InChI=1S/C13H18N4S/c1-4-5-14-6-11-9(2)16-13(17-10(11)3)12-7-18-8-15-12/h7-8,14H,4-6H2,1-3H3. The van der Waals surface area contributed by atoms with Crippen molar-refractivity contribution in [2.24, 2.45) is 0 Å². The molecule has 5 heteroatoms. The minimum atomic E-state index is 0.727. The SMILES string of the molecule is CCCNCc1c(C)nc(-c2cscn2)nc1C. The highest BCUT2D eigenvalue weighted by Gasteiger charge is 2.10. The van der Waals surface area contributed by atoms with E-state index in [2.05, 4.69) is 27.2 Å². The Bertz CT molecular complexity index is 485. The van der Waals surface area contributed by atoms with E-state index in [0.29, 0.717) is 0 Å². The average molecular weight is 262 g/mol. The Labute approximate surface area is 112 Å². The van der Waals surface area contributed by atoms with Crippen molar-refractivity contribution in [3.63, 3.8) is 0 Å². The number of thiazole rings is 1. The van der Waals surface area contributed by atoms with E-state index < -0.39 is 0 Å². The minimum Gasteiger partial charge on any atom is -0.313 e. The zero-order valence-corrected chi connectivity index (χ0v) is 11.8. The first-order valence-electron chi connectivity index (χ1n) is 6.15. The monoisotopic (exact) mass is 262 g/mol. The summed E-state index contributed by atoms with van der Waals surface area (Å²) in [4.78, 5) is 13.3. The van der Waals surface area contributed by atoms with Gasteiger partial charge in [-0.3, -0.25) is 0 Å². The summed E-state index contributed by atoms with van der Waals surface area (Å²) in [6.07, 6.45) is 1.13. The first-order chi connectivity index (χ1) is 8.72. The smallest absolute Gasteiger partial charge is 0.179 e. The number of rotatable bonds is 5. The number of nitrogens with zero attached hydrogens (tertiary/aromatic N) is 3. The van der Waals surface area contributed by atoms with Crippen molar-refractivity contribution < 1.29 is 0 Å². The Balaban J connectivity index is 2.24. The highest BCUT2D eigenvalue weighted by atomic mass is 32.1. The molecular formula is C13H18N4S. The summed E-state index contributed by atoms with van der Waals surface area (Å²) in [5.74, 6) is 0.727. The summed E-state index contributed by atoms with van der Waals surface area (Å²) >= 11 is 1.56. The van der Waals surface area contributed by atoms with Crippen LogP contribution in [-0.4, -0.2) is 21.5 Å². The second-order valence-corrected chi connectivity index (χ2v) is 4.97. The van der Waals surface area contributed by atoms with Gasteiger partial charge in [-0.1, -0.05) is 6.92 Å². The van der Waals surface area contributed by atoms with E-state index in [1.807, 2.05) is 19.2 Å². The van der Waals surface area contributed by atoms with Gasteiger partial charge < -0.3 is 5.32 Å². The van der Waals surface area contributed by atoms with E-state index in [1.54, 1.807) is 16.8 Å². The van der Waals surface area contributed by atoms with Crippen LogP contribution < -0.4 is 5.32 Å². The lowest BCUT2D eigenvalue weighted by molar-refractivity contribution is 0.665. The third kappa shape index (κ3) is 2.91. The summed E-state index contributed by atoms with van der Waals surface area (Å²) in [7, 11) is 0. The highest BCUT2D eigenvalue weighted by Crippen LogP contribution is 2.18. The molecule has 0 aromatic carbocycles. The Morgan fingerprint density at radius 3 is 2.50 bits per heavy atom. The van der Waals surface area contributed by atoms with Crippen LogP contribution in [0.25, 0.3) is 11.5 Å². The molecule has 18 heavy (non-hydrogen) atoms. The lowest BCUT2D eigenvalue weighted by Gasteiger charge is -2.10. The first kappa shape index (κ1) is 13.1. The molecule has 4 nitrogen and oxygen atoms in total. The number of nitrogens with one attached hydrogen (secondary N) is 1. The van der Waals surface area contributed by atoms with Gasteiger partial charge in [0.1, 0.15) is 5.69 Å². The fraction of sp³-hybridized carbons (Fsp3) is 0.462. The maximum atomic E-state index is 4.55. The van der Waals surface area contributed by atoms with Crippen molar-refractivity contribution in [2.75, 3.05) is 6.54 Å². The van der Waals surface area contributed by atoms with Crippen LogP contribution >= 0.6 is 11.3 Å². The minimum absolute atomic E-state index is 0.727. The van der Waals surface area contributed by atoms with Gasteiger partial charge in [0.25, 0.3) is 0 Å². The molecule has 0 amide bonds. The zero-order valence-electron chi connectivity index (χ0n) is 11.0. The molecule has 0 fully saturated rings. The number of aryl methyl sites for hydroxylation is 2. The number of aromatic nitrogens is 3. The predicted octanol–water partition coefficient (Wildman–Crippen LogP) is 2.72. The number of hydrogen-bond acceptors (Lipinski definition) is 5. The van der Waals surface area contributed by atoms with Crippen LogP contribution in [0.1, 0.15) is 30.3 Å². The Morgan fingerprint density at radius 1 is 1.22 bits per heavy atom. The van der Waals surface area contributed by atoms with E-state index in [4.69, 9.17) is 0 Å². The lowest BCUT2D eigenvalue weighted by Crippen LogP contribution is -2.17. The Kier molecular flexibility index (Phi) is 4.38. The third-order valence-electron chi connectivity index (χ3n) is 2.81. The molecule has 0 saturated heterocycles. The van der Waals surface area contributed by atoms with Gasteiger partial charge >= 0.3 is 0 Å². The van der Waals surface area contributed by atoms with Crippen LogP contribution in [0, 0.1) is 13.8 Å². The van der Waals surface area contributed by atoms with Crippen LogP contribution in [0.15, 0.2) is 10.9 Å². The van der Waals surface area contributed by atoms with Crippen LogP contribution in [-0.2, 0) is 6.54 Å². The van der Waals surface area contributed by atoms with Crippen molar-refractivity contribution >= 4 is 11.3 Å². The molecule has 96 valence electrons. The highest BCUT2D eigenvalue weighted by molar-refractivity contribution is 7.07. The summed E-state index contributed by atoms with van der Waals surface area (Å²) in [5, 5.41) is 5.37. The fourth-order valence-corrected chi connectivity index (χ4v) is 2.35. The maximum Gasteiger partial charge on any atom is 0.179 e. The molecule has 0 unspecified atom stereocenters. The van der Waals surface area contributed by atoms with Gasteiger partial charge in [0.15, 0.2) is 5.82 Å². The van der Waals surface area contributed by atoms with Crippen LogP contribution in [0.3, 0.4) is 0 Å². The number of hydrogen-bond donors (Lipinski definition) is 1. The lowest BCUT2D eigenvalue weighted by atomic mass is 10.1. The molecule has 1 N–H and O–H groups in total. The summed E-state index contributed by atoms with van der Waals surface area (Å²) < 4.78 is 0. The van der Waals surface area contributed by atoms with Gasteiger partial charge in [-0.05, 0) is 26.8 Å². The van der Waals surface area contributed by atoms with E-state index >= 15 is 0 Å². The molecule has 0 atom stereocenters. The molecular weight excluding hydrogens is 244 g/mol. The Hall–Kier alpha value is -1.33. The van der Waals surface area contributed by atoms with Gasteiger partial charge in [0.05, 0.1) is 5.51 Å². The molecule has 0 saturated carbocycles. The Morgan fingerprint density at radius 2 is 1.94 bits per heavy atom. The van der Waals surface area contributed by atoms with E-state index in [1.165, 1.54) is 5.56 Å². The molecule has 2 heterocycles. The van der Waals surface area contributed by atoms with Crippen molar-refractivity contribution in [1.29, 1.82) is 0 Å². The molecule has 0 spiro atoms. The van der Waals surface area contributed by atoms with Gasteiger partial charge in [-0.15, -0.1) is 11.3 Å². The van der Waals surface area contributed by atoms with Gasteiger partial charge in [-0.25, -0.2) is 15.0 Å². The van der Waals surface area contributed by atoms with Crippen LogP contribution in [0.2, 0.25) is 0 Å². The van der Waals surface area contributed by atoms with Gasteiger partial charge in [0, 0.05) is 28.9 Å². The molecule has 2 aromatic heterocycles. The zero-order chi connectivity index (χ0) is 13.0. The van der Waals surface area contributed by atoms with E-state index in [-0.39, 0.29) is 0 Å².